The van der Waals surface area contributed by atoms with Crippen molar-refractivity contribution in [3.05, 3.63) is 130 Å². The summed E-state index contributed by atoms with van der Waals surface area (Å²) in [6.45, 7) is 4.55. The largest absolute Gasteiger partial charge is 0.289 e. The minimum atomic E-state index is 0.0486. The van der Waals surface area contributed by atoms with E-state index in [4.69, 9.17) is 0 Å². The lowest BCUT2D eigenvalue weighted by molar-refractivity contribution is 0.103. The molecule has 0 fully saturated rings. The third-order valence-corrected chi connectivity index (χ3v) is 10.7. The first-order valence-electron chi connectivity index (χ1n) is 21.1. The Balaban J connectivity index is 1.16. The van der Waals surface area contributed by atoms with Crippen LogP contribution in [-0.4, -0.2) is 11.6 Å². The molecule has 52 heavy (non-hydrogen) atoms. The fourth-order valence-electron chi connectivity index (χ4n) is 7.24. The minimum Gasteiger partial charge on any atom is -0.289 e. The Morgan fingerprint density at radius 2 is 0.538 bits per heavy atom. The molecule has 0 spiro atoms. The molecule has 0 radical (unpaired) electrons. The number of carbonyl (C=O) groups excluding carboxylic acids is 2. The first-order chi connectivity index (χ1) is 25.6. The number of rotatable bonds is 27. The van der Waals surface area contributed by atoms with Gasteiger partial charge in [-0.1, -0.05) is 226 Å². The number of carbonyl (C=O) groups is 2. The summed E-state index contributed by atoms with van der Waals surface area (Å²) in [5.41, 5.74) is 7.51. The monoisotopic (exact) mass is 699 g/mol. The van der Waals surface area contributed by atoms with Crippen LogP contribution in [0.25, 0.3) is 11.1 Å². The van der Waals surface area contributed by atoms with Crippen molar-refractivity contribution in [2.75, 3.05) is 0 Å². The van der Waals surface area contributed by atoms with E-state index in [0.29, 0.717) is 11.1 Å². The van der Waals surface area contributed by atoms with Crippen LogP contribution < -0.4 is 0 Å². The standard InChI is InChI=1S/C50H66O2/c1-3-5-7-9-11-13-15-17-19-21-23-41-25-29-45(30-26-41)49(51)47-37-33-43(34-38-47)44-35-39-48(40-36-44)50(52)46-31-27-42(28-32-46)24-22-20-18-16-14-12-10-8-6-4-2/h25-40H,3-24H2,1-2H3. The molecule has 278 valence electrons. The van der Waals surface area contributed by atoms with E-state index in [2.05, 4.69) is 38.1 Å². The highest BCUT2D eigenvalue weighted by Gasteiger charge is 2.12. The van der Waals surface area contributed by atoms with E-state index in [1.165, 1.54) is 140 Å². The SMILES string of the molecule is CCCCCCCCCCCCc1ccc(C(=O)c2ccc(-c3ccc(C(=O)c4ccc(CCCCCCCCCCCC)cc4)cc3)cc2)cc1. The van der Waals surface area contributed by atoms with E-state index in [0.717, 1.165) is 35.1 Å². The number of unbranched alkanes of at least 4 members (excludes halogenated alkanes) is 18. The summed E-state index contributed by atoms with van der Waals surface area (Å²) in [5.74, 6) is 0.0972. The van der Waals surface area contributed by atoms with Gasteiger partial charge in [0.1, 0.15) is 0 Å². The van der Waals surface area contributed by atoms with Crippen molar-refractivity contribution in [1.29, 1.82) is 0 Å². The summed E-state index contributed by atoms with van der Waals surface area (Å²) in [6.07, 6.45) is 29.1. The molecule has 4 rings (SSSR count). The highest BCUT2D eigenvalue weighted by atomic mass is 16.1. The zero-order valence-corrected chi connectivity index (χ0v) is 32.6. The van der Waals surface area contributed by atoms with Gasteiger partial charge in [-0.25, -0.2) is 0 Å². The predicted molar refractivity (Wildman–Crippen MR) is 223 cm³/mol. The van der Waals surface area contributed by atoms with E-state index in [1.807, 2.05) is 72.8 Å². The lowest BCUT2D eigenvalue weighted by atomic mass is 9.96. The highest BCUT2D eigenvalue weighted by molar-refractivity contribution is 6.10. The van der Waals surface area contributed by atoms with Crippen molar-refractivity contribution in [2.45, 2.75) is 155 Å². The van der Waals surface area contributed by atoms with Gasteiger partial charge in [-0.2, -0.15) is 0 Å². The molecule has 0 aromatic heterocycles. The van der Waals surface area contributed by atoms with Crippen LogP contribution in [0.4, 0.5) is 0 Å². The molecule has 0 unspecified atom stereocenters. The van der Waals surface area contributed by atoms with Gasteiger partial charge in [0.2, 0.25) is 0 Å². The molecule has 2 heteroatoms. The van der Waals surface area contributed by atoms with Crippen LogP contribution in [0.5, 0.6) is 0 Å². The molecule has 4 aromatic carbocycles. The zero-order valence-electron chi connectivity index (χ0n) is 32.6. The number of hydrogen-bond acceptors (Lipinski definition) is 2. The van der Waals surface area contributed by atoms with Crippen molar-refractivity contribution in [3.63, 3.8) is 0 Å². The third kappa shape index (κ3) is 14.7. The predicted octanol–water partition coefficient (Wildman–Crippen LogP) is 14.7. The normalized spacial score (nSPS) is 11.2. The van der Waals surface area contributed by atoms with Crippen molar-refractivity contribution in [1.82, 2.24) is 0 Å². The first kappa shape index (κ1) is 41.0. The topological polar surface area (TPSA) is 34.1 Å². The van der Waals surface area contributed by atoms with Crippen LogP contribution in [0.3, 0.4) is 0 Å². The highest BCUT2D eigenvalue weighted by Crippen LogP contribution is 2.23. The van der Waals surface area contributed by atoms with Crippen LogP contribution in [0.1, 0.15) is 185 Å². The molecule has 0 bridgehead atoms. The fraction of sp³-hybridized carbons (Fsp3) is 0.480. The van der Waals surface area contributed by atoms with Crippen LogP contribution in [0.2, 0.25) is 0 Å². The smallest absolute Gasteiger partial charge is 0.193 e. The average molecular weight is 699 g/mol. The van der Waals surface area contributed by atoms with Crippen molar-refractivity contribution < 1.29 is 9.59 Å². The number of hydrogen-bond donors (Lipinski definition) is 0. The molecule has 0 saturated heterocycles. The molecule has 0 atom stereocenters. The summed E-state index contributed by atoms with van der Waals surface area (Å²) < 4.78 is 0. The Morgan fingerprint density at radius 1 is 0.308 bits per heavy atom. The maximum Gasteiger partial charge on any atom is 0.193 e. The van der Waals surface area contributed by atoms with Crippen LogP contribution in [0.15, 0.2) is 97.1 Å². The molecule has 0 aliphatic heterocycles. The molecule has 0 heterocycles. The second kappa shape index (κ2) is 24.5. The summed E-state index contributed by atoms with van der Waals surface area (Å²) in [6, 6.07) is 32.0. The van der Waals surface area contributed by atoms with Crippen molar-refractivity contribution in [3.8, 4) is 11.1 Å². The second-order valence-electron chi connectivity index (χ2n) is 15.1. The molecule has 0 N–H and O–H groups in total. The van der Waals surface area contributed by atoms with Gasteiger partial charge < -0.3 is 0 Å². The molecule has 0 amide bonds. The van der Waals surface area contributed by atoms with Gasteiger partial charge in [-0.3, -0.25) is 9.59 Å². The van der Waals surface area contributed by atoms with Crippen molar-refractivity contribution in [2.24, 2.45) is 0 Å². The second-order valence-corrected chi connectivity index (χ2v) is 15.1. The van der Waals surface area contributed by atoms with Gasteiger partial charge in [-0.05, 0) is 47.9 Å². The maximum atomic E-state index is 13.2. The number of ketones is 2. The van der Waals surface area contributed by atoms with E-state index in [1.54, 1.807) is 0 Å². The quantitative estimate of drug-likeness (QED) is 0.0459. The molecule has 4 aromatic rings. The Morgan fingerprint density at radius 3 is 0.808 bits per heavy atom. The van der Waals surface area contributed by atoms with E-state index < -0.39 is 0 Å². The van der Waals surface area contributed by atoms with Gasteiger partial charge in [0, 0.05) is 22.3 Å². The lowest BCUT2D eigenvalue weighted by Crippen LogP contribution is -2.02. The lowest BCUT2D eigenvalue weighted by Gasteiger charge is -2.08. The summed E-state index contributed by atoms with van der Waals surface area (Å²) >= 11 is 0. The zero-order chi connectivity index (χ0) is 36.6. The molecule has 0 saturated carbocycles. The maximum absolute atomic E-state index is 13.2. The molecule has 0 aliphatic carbocycles. The molecular formula is C50H66O2. The Bertz CT molecular complexity index is 1420. The third-order valence-electron chi connectivity index (χ3n) is 10.7. The van der Waals surface area contributed by atoms with Crippen LogP contribution in [-0.2, 0) is 12.8 Å². The van der Waals surface area contributed by atoms with Crippen LogP contribution in [0, 0.1) is 0 Å². The summed E-state index contributed by atoms with van der Waals surface area (Å²) in [5, 5.41) is 0. The Kier molecular flexibility index (Phi) is 19.3. The summed E-state index contributed by atoms with van der Waals surface area (Å²) in [7, 11) is 0. The van der Waals surface area contributed by atoms with Gasteiger partial charge in [0.25, 0.3) is 0 Å². The average Bonchev–Trinajstić information content (AvgIpc) is 3.19. The first-order valence-corrected chi connectivity index (χ1v) is 21.1. The number of aryl methyl sites for hydroxylation is 2. The van der Waals surface area contributed by atoms with Gasteiger partial charge in [-0.15, -0.1) is 0 Å². The molecular weight excluding hydrogens is 633 g/mol. The van der Waals surface area contributed by atoms with Crippen LogP contribution >= 0.6 is 0 Å². The van der Waals surface area contributed by atoms with Gasteiger partial charge in [0.05, 0.1) is 0 Å². The molecule has 2 nitrogen and oxygen atoms in total. The summed E-state index contributed by atoms with van der Waals surface area (Å²) in [4.78, 5) is 26.4. The minimum absolute atomic E-state index is 0.0486. The van der Waals surface area contributed by atoms with E-state index >= 15 is 0 Å². The van der Waals surface area contributed by atoms with Gasteiger partial charge >= 0.3 is 0 Å². The van der Waals surface area contributed by atoms with E-state index in [-0.39, 0.29) is 11.6 Å². The number of benzene rings is 4. The Hall–Kier alpha value is -3.78. The van der Waals surface area contributed by atoms with Gasteiger partial charge in [0.15, 0.2) is 11.6 Å². The van der Waals surface area contributed by atoms with E-state index in [9.17, 15) is 9.59 Å². The fourth-order valence-corrected chi connectivity index (χ4v) is 7.24. The molecule has 0 aliphatic rings. The van der Waals surface area contributed by atoms with Crippen molar-refractivity contribution >= 4 is 11.6 Å². The Labute approximate surface area is 316 Å².